The van der Waals surface area contributed by atoms with Crippen molar-refractivity contribution in [3.05, 3.63) is 77.6 Å². The zero-order valence-corrected chi connectivity index (χ0v) is 17.0. The van der Waals surface area contributed by atoms with Crippen molar-refractivity contribution in [2.45, 2.75) is 32.1 Å². The van der Waals surface area contributed by atoms with Gasteiger partial charge in [-0.2, -0.15) is 5.10 Å². The first-order chi connectivity index (χ1) is 14.1. The fourth-order valence-electron chi connectivity index (χ4n) is 3.88. The third-order valence-electron chi connectivity index (χ3n) is 5.73. The van der Waals surface area contributed by atoms with E-state index in [1.165, 1.54) is 11.1 Å². The molecule has 1 saturated heterocycles. The molecule has 1 amide bonds. The molecule has 4 rings (SSSR count). The molecule has 2 heterocycles. The number of likely N-dealkylation sites (tertiary alicyclic amines) is 1. The van der Waals surface area contributed by atoms with Crippen LogP contribution < -0.4 is 4.74 Å². The Morgan fingerprint density at radius 1 is 1.07 bits per heavy atom. The molecule has 0 saturated carbocycles. The summed E-state index contributed by atoms with van der Waals surface area (Å²) in [6.45, 7) is 3.69. The number of rotatable bonds is 5. The van der Waals surface area contributed by atoms with E-state index in [0.29, 0.717) is 12.3 Å². The fraction of sp³-hybridized carbons (Fsp3) is 0.333. The van der Waals surface area contributed by atoms with Crippen LogP contribution in [0.4, 0.5) is 0 Å². The van der Waals surface area contributed by atoms with Gasteiger partial charge in [0.25, 0.3) is 0 Å². The lowest BCUT2D eigenvalue weighted by molar-refractivity contribution is -0.131. The summed E-state index contributed by atoms with van der Waals surface area (Å²) in [5, 5.41) is 4.54. The topological polar surface area (TPSA) is 47.4 Å². The van der Waals surface area contributed by atoms with E-state index >= 15 is 0 Å². The Balaban J connectivity index is 1.33. The Hall–Kier alpha value is -3.08. The smallest absolute Gasteiger partial charge is 0.226 e. The van der Waals surface area contributed by atoms with Crippen LogP contribution in [0.3, 0.4) is 0 Å². The average Bonchev–Trinajstić information content (AvgIpc) is 3.25. The van der Waals surface area contributed by atoms with Crippen LogP contribution >= 0.6 is 0 Å². The predicted octanol–water partition coefficient (Wildman–Crippen LogP) is 4.14. The molecule has 1 aliphatic rings. The lowest BCUT2D eigenvalue weighted by Crippen LogP contribution is -2.38. The number of methoxy groups -OCH3 is 1. The van der Waals surface area contributed by atoms with Gasteiger partial charge in [0.2, 0.25) is 5.91 Å². The molecule has 1 fully saturated rings. The number of benzene rings is 2. The largest absolute Gasteiger partial charge is 0.497 e. The van der Waals surface area contributed by atoms with E-state index < -0.39 is 0 Å². The predicted molar refractivity (Wildman–Crippen MR) is 114 cm³/mol. The molecule has 150 valence electrons. The van der Waals surface area contributed by atoms with E-state index in [0.717, 1.165) is 42.9 Å². The maximum Gasteiger partial charge on any atom is 0.226 e. The van der Waals surface area contributed by atoms with Crippen molar-refractivity contribution in [1.29, 1.82) is 0 Å². The lowest BCUT2D eigenvalue weighted by Gasteiger charge is -2.31. The quantitative estimate of drug-likeness (QED) is 0.659. The van der Waals surface area contributed by atoms with Crippen LogP contribution in [-0.4, -0.2) is 40.8 Å². The molecule has 0 N–H and O–H groups in total. The second kappa shape index (κ2) is 8.52. The van der Waals surface area contributed by atoms with Crippen LogP contribution in [-0.2, 0) is 11.2 Å². The highest BCUT2D eigenvalue weighted by molar-refractivity contribution is 5.79. The Labute approximate surface area is 171 Å². The van der Waals surface area contributed by atoms with E-state index in [2.05, 4.69) is 42.5 Å². The molecule has 1 aromatic heterocycles. The summed E-state index contributed by atoms with van der Waals surface area (Å²) < 4.78 is 7.12. The Bertz CT molecular complexity index is 953. The lowest BCUT2D eigenvalue weighted by atomic mass is 9.91. The van der Waals surface area contributed by atoms with Gasteiger partial charge in [0.05, 0.1) is 25.4 Å². The van der Waals surface area contributed by atoms with Gasteiger partial charge >= 0.3 is 0 Å². The fourth-order valence-corrected chi connectivity index (χ4v) is 3.88. The number of piperidine rings is 1. The molecule has 3 aromatic rings. The summed E-state index contributed by atoms with van der Waals surface area (Å²) >= 11 is 0. The maximum atomic E-state index is 12.7. The number of ether oxygens (including phenoxy) is 1. The molecule has 1 aliphatic heterocycles. The second-order valence-electron chi connectivity index (χ2n) is 7.73. The molecule has 0 aliphatic carbocycles. The summed E-state index contributed by atoms with van der Waals surface area (Å²) in [4.78, 5) is 14.7. The molecule has 0 unspecified atom stereocenters. The van der Waals surface area contributed by atoms with Gasteiger partial charge in [-0.25, -0.2) is 4.68 Å². The van der Waals surface area contributed by atoms with Crippen molar-refractivity contribution >= 4 is 5.91 Å². The highest BCUT2D eigenvalue weighted by Gasteiger charge is 2.24. The molecule has 0 bridgehead atoms. The first-order valence-corrected chi connectivity index (χ1v) is 10.1. The van der Waals surface area contributed by atoms with Crippen molar-refractivity contribution in [3.63, 3.8) is 0 Å². The summed E-state index contributed by atoms with van der Waals surface area (Å²) in [7, 11) is 1.65. The molecule has 2 aromatic carbocycles. The minimum absolute atomic E-state index is 0.198. The summed E-state index contributed by atoms with van der Waals surface area (Å²) in [6, 6.07) is 16.1. The number of nitrogens with zero attached hydrogens (tertiary/aromatic N) is 3. The van der Waals surface area contributed by atoms with E-state index in [9.17, 15) is 4.79 Å². The van der Waals surface area contributed by atoms with Crippen LogP contribution in [0.25, 0.3) is 5.69 Å². The molecule has 5 heteroatoms. The number of carbonyl (C=O) groups is 1. The third-order valence-corrected chi connectivity index (χ3v) is 5.73. The van der Waals surface area contributed by atoms with Crippen LogP contribution in [0.2, 0.25) is 0 Å². The van der Waals surface area contributed by atoms with Gasteiger partial charge in [-0.3, -0.25) is 4.79 Å². The van der Waals surface area contributed by atoms with Gasteiger partial charge in [-0.1, -0.05) is 29.8 Å². The molecule has 0 spiro atoms. The van der Waals surface area contributed by atoms with Crippen LogP contribution in [0.5, 0.6) is 5.75 Å². The van der Waals surface area contributed by atoms with Gasteiger partial charge in [0.15, 0.2) is 0 Å². The zero-order valence-electron chi connectivity index (χ0n) is 17.0. The minimum Gasteiger partial charge on any atom is -0.497 e. The summed E-state index contributed by atoms with van der Waals surface area (Å²) in [5.74, 6) is 1.47. The SMILES string of the molecule is COc1ccc(CC(=O)N2CCC(c3cnn(-c4ccc(C)cc4)c3)CC2)cc1. The third kappa shape index (κ3) is 4.50. The molecule has 29 heavy (non-hydrogen) atoms. The van der Waals surface area contributed by atoms with Crippen molar-refractivity contribution < 1.29 is 9.53 Å². The number of aryl methyl sites for hydroxylation is 1. The van der Waals surface area contributed by atoms with Gasteiger partial charge in [-0.05, 0) is 61.1 Å². The molecule has 0 atom stereocenters. The average molecular weight is 389 g/mol. The van der Waals surface area contributed by atoms with Crippen molar-refractivity contribution in [2.24, 2.45) is 0 Å². The molecular weight excluding hydrogens is 362 g/mol. The maximum absolute atomic E-state index is 12.7. The second-order valence-corrected chi connectivity index (χ2v) is 7.73. The Morgan fingerprint density at radius 2 is 1.76 bits per heavy atom. The van der Waals surface area contributed by atoms with E-state index in [-0.39, 0.29) is 5.91 Å². The van der Waals surface area contributed by atoms with E-state index in [4.69, 9.17) is 4.74 Å². The summed E-state index contributed by atoms with van der Waals surface area (Å²) in [5.41, 5.74) is 4.60. The molecule has 0 radical (unpaired) electrons. The number of amides is 1. The van der Waals surface area contributed by atoms with Crippen molar-refractivity contribution in [1.82, 2.24) is 14.7 Å². The normalized spacial score (nSPS) is 14.8. The summed E-state index contributed by atoms with van der Waals surface area (Å²) in [6.07, 6.45) is 6.51. The van der Waals surface area contributed by atoms with Gasteiger partial charge in [0.1, 0.15) is 5.75 Å². The molecular formula is C24H27N3O2. The minimum atomic E-state index is 0.198. The van der Waals surface area contributed by atoms with E-state index in [1.54, 1.807) is 7.11 Å². The zero-order chi connectivity index (χ0) is 20.2. The standard InChI is InChI=1S/C24H27N3O2/c1-18-3-7-22(8-4-18)27-17-21(16-25-27)20-11-13-26(14-12-20)24(28)15-19-5-9-23(29-2)10-6-19/h3-10,16-17,20H,11-15H2,1-2H3. The van der Waals surface area contributed by atoms with Crippen molar-refractivity contribution in [2.75, 3.05) is 20.2 Å². The first kappa shape index (κ1) is 19.2. The van der Waals surface area contributed by atoms with Crippen LogP contribution in [0.15, 0.2) is 60.9 Å². The van der Waals surface area contributed by atoms with Crippen LogP contribution in [0.1, 0.15) is 35.4 Å². The first-order valence-electron chi connectivity index (χ1n) is 10.1. The number of carbonyl (C=O) groups excluding carboxylic acids is 1. The molecule has 5 nitrogen and oxygen atoms in total. The monoisotopic (exact) mass is 389 g/mol. The van der Waals surface area contributed by atoms with Gasteiger partial charge < -0.3 is 9.64 Å². The van der Waals surface area contributed by atoms with Gasteiger partial charge in [0, 0.05) is 19.3 Å². The number of hydrogen-bond donors (Lipinski definition) is 0. The van der Waals surface area contributed by atoms with Gasteiger partial charge in [-0.15, -0.1) is 0 Å². The van der Waals surface area contributed by atoms with E-state index in [1.807, 2.05) is 40.0 Å². The number of aromatic nitrogens is 2. The highest BCUT2D eigenvalue weighted by atomic mass is 16.5. The van der Waals surface area contributed by atoms with Crippen LogP contribution in [0, 0.1) is 6.92 Å². The highest BCUT2D eigenvalue weighted by Crippen LogP contribution is 2.28. The Morgan fingerprint density at radius 3 is 2.41 bits per heavy atom. The number of hydrogen-bond acceptors (Lipinski definition) is 3. The Kier molecular flexibility index (Phi) is 5.65. The van der Waals surface area contributed by atoms with Crippen molar-refractivity contribution in [3.8, 4) is 11.4 Å².